The third-order valence-electron chi connectivity index (χ3n) is 4.27. The van der Waals surface area contributed by atoms with E-state index in [1.54, 1.807) is 19.1 Å². The van der Waals surface area contributed by atoms with Crippen molar-refractivity contribution in [1.29, 1.82) is 0 Å². The van der Waals surface area contributed by atoms with E-state index in [0.717, 1.165) is 5.56 Å². The van der Waals surface area contributed by atoms with Crippen molar-refractivity contribution in [2.75, 3.05) is 20.8 Å². The van der Waals surface area contributed by atoms with Gasteiger partial charge in [-0.25, -0.2) is 4.79 Å². The Hall–Kier alpha value is -3.41. The van der Waals surface area contributed by atoms with Crippen molar-refractivity contribution in [3.8, 4) is 23.0 Å². The Morgan fingerprint density at radius 1 is 1.00 bits per heavy atom. The third-order valence-corrected chi connectivity index (χ3v) is 4.27. The van der Waals surface area contributed by atoms with Gasteiger partial charge in [-0.15, -0.1) is 0 Å². The molecule has 1 N–H and O–H groups in total. The average molecular weight is 382 g/mol. The summed E-state index contributed by atoms with van der Waals surface area (Å²) in [7, 11) is 3.01. The predicted octanol–water partition coefficient (Wildman–Crippen LogP) is 4.32. The van der Waals surface area contributed by atoms with E-state index in [4.69, 9.17) is 18.9 Å². The van der Waals surface area contributed by atoms with Gasteiger partial charge < -0.3 is 24.1 Å². The molecule has 28 heavy (non-hydrogen) atoms. The molecule has 0 amide bonds. The summed E-state index contributed by atoms with van der Waals surface area (Å²) in [6, 6.07) is 14.3. The maximum absolute atomic E-state index is 12.2. The molecule has 0 fully saturated rings. The lowest BCUT2D eigenvalue weighted by Gasteiger charge is -2.17. The third kappa shape index (κ3) is 3.81. The summed E-state index contributed by atoms with van der Waals surface area (Å²) in [5.41, 5.74) is 1.19. The van der Waals surface area contributed by atoms with Crippen LogP contribution in [0, 0.1) is 0 Å². The SMILES string of the molecule is CCOC(=O)c1cc(O)c2c(OCc3ccccc3)cc(OC)c(OC)c2c1. The fourth-order valence-corrected chi connectivity index (χ4v) is 3.00. The zero-order chi connectivity index (χ0) is 20.1. The summed E-state index contributed by atoms with van der Waals surface area (Å²) >= 11 is 0. The van der Waals surface area contributed by atoms with Crippen molar-refractivity contribution < 1.29 is 28.8 Å². The molecule has 0 saturated carbocycles. The minimum atomic E-state index is -0.531. The van der Waals surface area contributed by atoms with Crippen molar-refractivity contribution in [3.05, 3.63) is 59.7 Å². The fourth-order valence-electron chi connectivity index (χ4n) is 3.00. The van der Waals surface area contributed by atoms with E-state index >= 15 is 0 Å². The molecule has 0 saturated heterocycles. The van der Waals surface area contributed by atoms with Gasteiger partial charge in [0.25, 0.3) is 0 Å². The molecule has 0 unspecified atom stereocenters. The van der Waals surface area contributed by atoms with Gasteiger partial charge in [0, 0.05) is 11.5 Å². The fraction of sp³-hybridized carbons (Fsp3) is 0.227. The molecule has 0 radical (unpaired) electrons. The first-order valence-corrected chi connectivity index (χ1v) is 8.84. The van der Waals surface area contributed by atoms with Crippen molar-refractivity contribution in [1.82, 2.24) is 0 Å². The maximum atomic E-state index is 12.2. The van der Waals surface area contributed by atoms with Crippen LogP contribution < -0.4 is 14.2 Å². The topological polar surface area (TPSA) is 74.2 Å². The Morgan fingerprint density at radius 3 is 2.39 bits per heavy atom. The lowest BCUT2D eigenvalue weighted by molar-refractivity contribution is 0.0526. The largest absolute Gasteiger partial charge is 0.507 e. The number of phenols is 1. The van der Waals surface area contributed by atoms with Gasteiger partial charge in [0.1, 0.15) is 18.1 Å². The summed E-state index contributed by atoms with van der Waals surface area (Å²) in [5, 5.41) is 11.6. The van der Waals surface area contributed by atoms with Crippen LogP contribution in [-0.2, 0) is 11.3 Å². The normalized spacial score (nSPS) is 10.5. The lowest BCUT2D eigenvalue weighted by atomic mass is 10.0. The number of hydrogen-bond donors (Lipinski definition) is 1. The Kier molecular flexibility index (Phi) is 5.89. The van der Waals surface area contributed by atoms with Gasteiger partial charge in [0.15, 0.2) is 11.5 Å². The van der Waals surface area contributed by atoms with Crippen LogP contribution in [0.25, 0.3) is 10.8 Å². The van der Waals surface area contributed by atoms with E-state index in [1.165, 1.54) is 20.3 Å². The van der Waals surface area contributed by atoms with Crippen LogP contribution in [0.1, 0.15) is 22.8 Å². The second-order valence-electron chi connectivity index (χ2n) is 6.02. The molecular weight excluding hydrogens is 360 g/mol. The van der Waals surface area contributed by atoms with Gasteiger partial charge in [-0.05, 0) is 24.6 Å². The average Bonchev–Trinajstić information content (AvgIpc) is 2.72. The van der Waals surface area contributed by atoms with Crippen LogP contribution in [0.4, 0.5) is 0 Å². The minimum Gasteiger partial charge on any atom is -0.507 e. The first-order chi connectivity index (χ1) is 13.6. The number of carbonyl (C=O) groups is 1. The number of carbonyl (C=O) groups excluding carboxylic acids is 1. The predicted molar refractivity (Wildman–Crippen MR) is 105 cm³/mol. The summed E-state index contributed by atoms with van der Waals surface area (Å²) < 4.78 is 21.9. The van der Waals surface area contributed by atoms with E-state index in [0.29, 0.717) is 34.6 Å². The van der Waals surface area contributed by atoms with Crippen molar-refractivity contribution in [2.45, 2.75) is 13.5 Å². The highest BCUT2D eigenvalue weighted by molar-refractivity contribution is 6.04. The van der Waals surface area contributed by atoms with Gasteiger partial charge in [-0.2, -0.15) is 0 Å². The Bertz CT molecular complexity index is 981. The maximum Gasteiger partial charge on any atom is 0.338 e. The lowest BCUT2D eigenvalue weighted by Crippen LogP contribution is -2.05. The second kappa shape index (κ2) is 8.52. The summed E-state index contributed by atoms with van der Waals surface area (Å²) in [4.78, 5) is 12.2. The molecule has 0 aromatic heterocycles. The Labute approximate surface area is 163 Å². The molecule has 3 aromatic rings. The smallest absolute Gasteiger partial charge is 0.338 e. The van der Waals surface area contributed by atoms with Crippen LogP contribution in [0.3, 0.4) is 0 Å². The van der Waals surface area contributed by atoms with Gasteiger partial charge in [0.05, 0.1) is 31.8 Å². The number of esters is 1. The number of hydrogen-bond acceptors (Lipinski definition) is 6. The standard InChI is InChI=1S/C22H22O6/c1-4-27-22(24)15-10-16-20(17(23)11-15)18(12-19(25-2)21(16)26-3)28-13-14-8-6-5-7-9-14/h5-12,23H,4,13H2,1-3H3. The van der Waals surface area contributed by atoms with Crippen molar-refractivity contribution >= 4 is 16.7 Å². The first-order valence-electron chi connectivity index (χ1n) is 8.84. The molecule has 0 atom stereocenters. The number of benzene rings is 3. The number of rotatable bonds is 7. The Morgan fingerprint density at radius 2 is 1.75 bits per heavy atom. The molecule has 3 rings (SSSR count). The summed E-state index contributed by atoms with van der Waals surface area (Å²) in [6.07, 6.45) is 0. The summed E-state index contributed by atoms with van der Waals surface area (Å²) in [5.74, 6) is 0.606. The highest BCUT2D eigenvalue weighted by Gasteiger charge is 2.21. The van der Waals surface area contributed by atoms with Gasteiger partial charge in [0.2, 0.25) is 0 Å². The number of ether oxygens (including phenoxy) is 4. The first kappa shape index (κ1) is 19.4. The van der Waals surface area contributed by atoms with Crippen LogP contribution in [0.5, 0.6) is 23.0 Å². The van der Waals surface area contributed by atoms with E-state index in [9.17, 15) is 9.90 Å². The molecule has 0 aliphatic rings. The van der Waals surface area contributed by atoms with Gasteiger partial charge in [-0.1, -0.05) is 30.3 Å². The molecule has 146 valence electrons. The molecule has 0 heterocycles. The van der Waals surface area contributed by atoms with E-state index in [-0.39, 0.29) is 17.9 Å². The van der Waals surface area contributed by atoms with Crippen LogP contribution in [0.15, 0.2) is 48.5 Å². The highest BCUT2D eigenvalue weighted by atomic mass is 16.5. The zero-order valence-corrected chi connectivity index (χ0v) is 16.0. The highest BCUT2D eigenvalue weighted by Crippen LogP contribution is 2.45. The summed E-state index contributed by atoms with van der Waals surface area (Å²) in [6.45, 7) is 2.26. The quantitative estimate of drug-likeness (QED) is 0.614. The molecule has 6 nitrogen and oxygen atoms in total. The number of phenolic OH excluding ortho intramolecular Hbond substituents is 1. The molecule has 0 spiro atoms. The molecule has 0 aliphatic carbocycles. The molecule has 3 aromatic carbocycles. The second-order valence-corrected chi connectivity index (χ2v) is 6.02. The molecule has 0 bridgehead atoms. The van der Waals surface area contributed by atoms with E-state index < -0.39 is 5.97 Å². The molecule has 0 aliphatic heterocycles. The van der Waals surface area contributed by atoms with Crippen LogP contribution in [0.2, 0.25) is 0 Å². The molecular formula is C22H22O6. The van der Waals surface area contributed by atoms with E-state index in [2.05, 4.69) is 0 Å². The van der Waals surface area contributed by atoms with Crippen LogP contribution in [-0.4, -0.2) is 31.9 Å². The van der Waals surface area contributed by atoms with Gasteiger partial charge in [-0.3, -0.25) is 0 Å². The zero-order valence-electron chi connectivity index (χ0n) is 16.0. The number of aromatic hydroxyl groups is 1. The number of fused-ring (bicyclic) bond motifs is 1. The number of methoxy groups -OCH3 is 2. The Balaban J connectivity index is 2.14. The molecule has 6 heteroatoms. The van der Waals surface area contributed by atoms with Crippen molar-refractivity contribution in [2.24, 2.45) is 0 Å². The minimum absolute atomic E-state index is 0.107. The van der Waals surface area contributed by atoms with Crippen LogP contribution >= 0.6 is 0 Å². The van der Waals surface area contributed by atoms with Gasteiger partial charge >= 0.3 is 5.97 Å². The van der Waals surface area contributed by atoms with Crippen molar-refractivity contribution in [3.63, 3.8) is 0 Å². The monoisotopic (exact) mass is 382 g/mol. The van der Waals surface area contributed by atoms with E-state index in [1.807, 2.05) is 30.3 Å².